The SMILES string of the molecule is C[C@@H](Oc1ccc(F)cc1)C(=O)NCCn1nc([C@@H]2CCNC2)c2cccnc21. The summed E-state index contributed by atoms with van der Waals surface area (Å²) in [5.41, 5.74) is 1.90. The van der Waals surface area contributed by atoms with E-state index in [1.807, 2.05) is 10.7 Å². The molecule has 3 aromatic rings. The normalized spacial score (nSPS) is 17.4. The number of nitrogens with one attached hydrogen (secondary N) is 2. The Balaban J connectivity index is 1.37. The van der Waals surface area contributed by atoms with Gasteiger partial charge in [-0.25, -0.2) is 14.1 Å². The predicted octanol–water partition coefficient (Wildman–Crippen LogP) is 2.23. The number of amides is 1. The van der Waals surface area contributed by atoms with Crippen molar-refractivity contribution in [2.45, 2.75) is 31.9 Å². The minimum absolute atomic E-state index is 0.237. The van der Waals surface area contributed by atoms with Crippen molar-refractivity contribution in [2.75, 3.05) is 19.6 Å². The number of carbonyl (C=O) groups excluding carboxylic acids is 1. The second-order valence-corrected chi connectivity index (χ2v) is 7.18. The van der Waals surface area contributed by atoms with Gasteiger partial charge in [0.2, 0.25) is 0 Å². The summed E-state index contributed by atoms with van der Waals surface area (Å²) in [5.74, 6) is 0.258. The fourth-order valence-corrected chi connectivity index (χ4v) is 3.58. The zero-order chi connectivity index (χ0) is 20.2. The maximum Gasteiger partial charge on any atom is 0.260 e. The monoisotopic (exact) mass is 397 g/mol. The van der Waals surface area contributed by atoms with Gasteiger partial charge >= 0.3 is 0 Å². The van der Waals surface area contributed by atoms with Crippen molar-refractivity contribution < 1.29 is 13.9 Å². The second-order valence-electron chi connectivity index (χ2n) is 7.18. The minimum atomic E-state index is -0.687. The Morgan fingerprint density at radius 3 is 2.97 bits per heavy atom. The number of benzene rings is 1. The van der Waals surface area contributed by atoms with Gasteiger partial charge in [-0.2, -0.15) is 5.10 Å². The highest BCUT2D eigenvalue weighted by molar-refractivity contribution is 5.81. The number of pyridine rings is 1. The Bertz CT molecular complexity index is 982. The van der Waals surface area contributed by atoms with Crippen molar-refractivity contribution in [1.82, 2.24) is 25.4 Å². The van der Waals surface area contributed by atoms with E-state index in [1.165, 1.54) is 24.3 Å². The minimum Gasteiger partial charge on any atom is -0.481 e. The molecule has 1 aliphatic rings. The van der Waals surface area contributed by atoms with E-state index in [0.29, 0.717) is 24.8 Å². The van der Waals surface area contributed by atoms with Gasteiger partial charge in [-0.15, -0.1) is 0 Å². The number of carbonyl (C=O) groups is 1. The van der Waals surface area contributed by atoms with Crippen molar-refractivity contribution in [3.05, 3.63) is 54.1 Å². The van der Waals surface area contributed by atoms with E-state index in [4.69, 9.17) is 9.84 Å². The molecule has 7 nitrogen and oxygen atoms in total. The summed E-state index contributed by atoms with van der Waals surface area (Å²) in [7, 11) is 0. The molecule has 152 valence electrons. The Morgan fingerprint density at radius 2 is 2.21 bits per heavy atom. The highest BCUT2D eigenvalue weighted by Gasteiger charge is 2.23. The fraction of sp³-hybridized carbons (Fsp3) is 0.381. The molecule has 1 fully saturated rings. The lowest BCUT2D eigenvalue weighted by Crippen LogP contribution is -2.38. The van der Waals surface area contributed by atoms with E-state index in [9.17, 15) is 9.18 Å². The standard InChI is InChI=1S/C21H24FN5O2/c1-14(29-17-6-4-16(22)5-7-17)21(28)25-11-12-27-20-18(3-2-9-24-20)19(26-27)15-8-10-23-13-15/h2-7,9,14-15,23H,8,10-13H2,1H3,(H,25,28)/t14-,15-/m1/s1. The lowest BCUT2D eigenvalue weighted by molar-refractivity contribution is -0.127. The third kappa shape index (κ3) is 4.37. The highest BCUT2D eigenvalue weighted by atomic mass is 19.1. The quantitative estimate of drug-likeness (QED) is 0.639. The molecule has 0 bridgehead atoms. The first-order valence-corrected chi connectivity index (χ1v) is 9.84. The fourth-order valence-electron chi connectivity index (χ4n) is 3.58. The van der Waals surface area contributed by atoms with Gasteiger partial charge in [0.1, 0.15) is 11.6 Å². The van der Waals surface area contributed by atoms with Crippen LogP contribution < -0.4 is 15.4 Å². The zero-order valence-corrected chi connectivity index (χ0v) is 16.3. The van der Waals surface area contributed by atoms with Crippen LogP contribution in [-0.4, -0.2) is 46.4 Å². The molecule has 3 heterocycles. The van der Waals surface area contributed by atoms with E-state index in [-0.39, 0.29) is 11.7 Å². The molecular formula is C21H24FN5O2. The van der Waals surface area contributed by atoms with Crippen LogP contribution in [0.3, 0.4) is 0 Å². The average molecular weight is 397 g/mol. The molecule has 0 spiro atoms. The Kier molecular flexibility index (Phi) is 5.71. The third-order valence-electron chi connectivity index (χ3n) is 5.10. The molecule has 8 heteroatoms. The van der Waals surface area contributed by atoms with Crippen molar-refractivity contribution in [1.29, 1.82) is 0 Å². The lowest BCUT2D eigenvalue weighted by Gasteiger charge is -2.14. The summed E-state index contributed by atoms with van der Waals surface area (Å²) >= 11 is 0. The number of rotatable bonds is 7. The van der Waals surface area contributed by atoms with E-state index in [1.54, 1.807) is 13.1 Å². The molecular weight excluding hydrogens is 373 g/mol. The molecule has 1 aliphatic heterocycles. The molecule has 0 radical (unpaired) electrons. The molecule has 1 saturated heterocycles. The van der Waals surface area contributed by atoms with Crippen molar-refractivity contribution in [3.8, 4) is 5.75 Å². The number of fused-ring (bicyclic) bond motifs is 1. The summed E-state index contributed by atoms with van der Waals surface area (Å²) in [6, 6.07) is 9.58. The number of halogens is 1. The number of ether oxygens (including phenoxy) is 1. The number of aromatic nitrogens is 3. The van der Waals surface area contributed by atoms with E-state index in [2.05, 4.69) is 21.7 Å². The van der Waals surface area contributed by atoms with Crippen LogP contribution in [-0.2, 0) is 11.3 Å². The molecule has 4 rings (SSSR count). The van der Waals surface area contributed by atoms with Crippen LogP contribution in [0.25, 0.3) is 11.0 Å². The van der Waals surface area contributed by atoms with Crippen molar-refractivity contribution in [3.63, 3.8) is 0 Å². The predicted molar refractivity (Wildman–Crippen MR) is 107 cm³/mol. The summed E-state index contributed by atoms with van der Waals surface area (Å²) in [4.78, 5) is 16.8. The molecule has 1 amide bonds. The van der Waals surface area contributed by atoms with Crippen LogP contribution in [0.1, 0.15) is 25.0 Å². The van der Waals surface area contributed by atoms with Gasteiger partial charge in [0.25, 0.3) is 5.91 Å². The molecule has 29 heavy (non-hydrogen) atoms. The Hall–Kier alpha value is -3.00. The van der Waals surface area contributed by atoms with Crippen LogP contribution in [0.5, 0.6) is 5.75 Å². The maximum absolute atomic E-state index is 13.0. The van der Waals surface area contributed by atoms with Gasteiger partial charge < -0.3 is 15.4 Å². The highest BCUT2D eigenvalue weighted by Crippen LogP contribution is 2.27. The molecule has 2 atom stereocenters. The van der Waals surface area contributed by atoms with E-state index in [0.717, 1.165) is 36.2 Å². The molecule has 2 N–H and O–H groups in total. The van der Waals surface area contributed by atoms with Crippen LogP contribution >= 0.6 is 0 Å². The van der Waals surface area contributed by atoms with Gasteiger partial charge in [0.05, 0.1) is 12.2 Å². The van der Waals surface area contributed by atoms with Gasteiger partial charge in [-0.3, -0.25) is 4.79 Å². The molecule has 2 aromatic heterocycles. The Labute approximate surface area is 168 Å². The number of hydrogen-bond donors (Lipinski definition) is 2. The van der Waals surface area contributed by atoms with Crippen LogP contribution in [0.2, 0.25) is 0 Å². The number of hydrogen-bond acceptors (Lipinski definition) is 5. The van der Waals surface area contributed by atoms with Crippen LogP contribution in [0, 0.1) is 5.82 Å². The molecule has 1 aromatic carbocycles. The second kappa shape index (κ2) is 8.57. The molecule has 0 saturated carbocycles. The van der Waals surface area contributed by atoms with Gasteiger partial charge in [0.15, 0.2) is 11.8 Å². The zero-order valence-electron chi connectivity index (χ0n) is 16.3. The first-order valence-electron chi connectivity index (χ1n) is 9.84. The van der Waals surface area contributed by atoms with Gasteiger partial charge in [0, 0.05) is 30.6 Å². The summed E-state index contributed by atoms with van der Waals surface area (Å²) in [6.07, 6.45) is 2.14. The van der Waals surface area contributed by atoms with Crippen LogP contribution in [0.4, 0.5) is 4.39 Å². The smallest absolute Gasteiger partial charge is 0.260 e. The molecule has 0 unspecified atom stereocenters. The van der Waals surface area contributed by atoms with Gasteiger partial charge in [-0.05, 0) is 56.3 Å². The first kappa shape index (κ1) is 19.3. The Morgan fingerprint density at radius 1 is 1.38 bits per heavy atom. The summed E-state index contributed by atoms with van der Waals surface area (Å²) in [6.45, 7) is 4.51. The topological polar surface area (TPSA) is 81.1 Å². The first-order chi connectivity index (χ1) is 14.1. The van der Waals surface area contributed by atoms with Crippen LogP contribution in [0.15, 0.2) is 42.6 Å². The maximum atomic E-state index is 13.0. The summed E-state index contributed by atoms with van der Waals surface area (Å²) in [5, 5.41) is 12.1. The van der Waals surface area contributed by atoms with Gasteiger partial charge in [-0.1, -0.05) is 0 Å². The third-order valence-corrected chi connectivity index (χ3v) is 5.10. The lowest BCUT2D eigenvalue weighted by atomic mass is 10.0. The largest absolute Gasteiger partial charge is 0.481 e. The number of nitrogens with zero attached hydrogens (tertiary/aromatic N) is 3. The van der Waals surface area contributed by atoms with Crippen molar-refractivity contribution in [2.24, 2.45) is 0 Å². The van der Waals surface area contributed by atoms with E-state index >= 15 is 0 Å². The molecule has 0 aliphatic carbocycles. The average Bonchev–Trinajstić information content (AvgIpc) is 3.38. The van der Waals surface area contributed by atoms with E-state index < -0.39 is 6.10 Å². The van der Waals surface area contributed by atoms with Crippen molar-refractivity contribution >= 4 is 16.9 Å². The summed E-state index contributed by atoms with van der Waals surface area (Å²) < 4.78 is 20.4.